The van der Waals surface area contributed by atoms with E-state index in [2.05, 4.69) is 39.9 Å². The molecular weight excluding hydrogens is 444 g/mol. The minimum atomic E-state index is -0.384. The van der Waals surface area contributed by atoms with Crippen LogP contribution in [0.2, 0.25) is 0 Å². The van der Waals surface area contributed by atoms with E-state index in [1.807, 2.05) is 18.2 Å². The highest BCUT2D eigenvalue weighted by Crippen LogP contribution is 2.39. The Labute approximate surface area is 206 Å². The zero-order valence-corrected chi connectivity index (χ0v) is 20.6. The number of methoxy groups -OCH3 is 1. The fourth-order valence-electron chi connectivity index (χ4n) is 5.54. The van der Waals surface area contributed by atoms with Crippen molar-refractivity contribution in [3.8, 4) is 5.75 Å². The van der Waals surface area contributed by atoms with Crippen LogP contribution < -0.4 is 20.7 Å². The molecule has 35 heavy (non-hydrogen) atoms. The molecule has 8 nitrogen and oxygen atoms in total. The van der Waals surface area contributed by atoms with E-state index in [1.54, 1.807) is 25.3 Å². The highest BCUT2D eigenvalue weighted by Gasteiger charge is 2.50. The highest BCUT2D eigenvalue weighted by atomic mass is 16.5. The Bertz CT molecular complexity index is 1090. The number of carbonyl (C=O) groups excluding carboxylic acids is 3. The van der Waals surface area contributed by atoms with E-state index < -0.39 is 0 Å². The number of hydrogen-bond acceptors (Lipinski definition) is 5. The van der Waals surface area contributed by atoms with Crippen LogP contribution in [0, 0.1) is 0 Å². The molecule has 186 valence electrons. The lowest BCUT2D eigenvalue weighted by Crippen LogP contribution is -2.54. The number of ether oxygens (including phenoxy) is 1. The molecule has 0 aliphatic carbocycles. The Morgan fingerprint density at radius 2 is 1.91 bits per heavy atom. The fraction of sp³-hybridized carbons (Fsp3) is 0.444. The van der Waals surface area contributed by atoms with Crippen molar-refractivity contribution >= 4 is 29.1 Å². The summed E-state index contributed by atoms with van der Waals surface area (Å²) in [7, 11) is 1.55. The molecule has 2 fully saturated rings. The number of hydrogen-bond donors (Lipinski definition) is 3. The normalized spacial score (nSPS) is 24.1. The smallest absolute Gasteiger partial charge is 0.238 e. The van der Waals surface area contributed by atoms with Crippen LogP contribution in [0.5, 0.6) is 5.75 Å². The fourth-order valence-corrected chi connectivity index (χ4v) is 5.54. The minimum absolute atomic E-state index is 0.0635. The van der Waals surface area contributed by atoms with Gasteiger partial charge in [-0.05, 0) is 50.3 Å². The SMILES string of the molecule is COc1ccc(NC(C)=O)c(NC(=O)CN2[C@H](Cc3ccccc3)C[C@]3(C)NC(=O)CCC[C@H]23)c1. The van der Waals surface area contributed by atoms with E-state index in [1.165, 1.54) is 12.5 Å². The molecule has 0 saturated carbocycles. The number of benzene rings is 2. The Morgan fingerprint density at radius 1 is 1.14 bits per heavy atom. The van der Waals surface area contributed by atoms with Crippen molar-refractivity contribution in [1.82, 2.24) is 10.2 Å². The molecule has 8 heteroatoms. The first-order valence-electron chi connectivity index (χ1n) is 12.1. The Hall–Kier alpha value is -3.39. The second-order valence-electron chi connectivity index (χ2n) is 9.73. The predicted octanol–water partition coefficient (Wildman–Crippen LogP) is 3.34. The summed E-state index contributed by atoms with van der Waals surface area (Å²) in [6, 6.07) is 15.6. The van der Waals surface area contributed by atoms with Gasteiger partial charge in [0, 0.05) is 31.5 Å². The molecule has 0 spiro atoms. The van der Waals surface area contributed by atoms with Gasteiger partial charge in [0.15, 0.2) is 0 Å². The molecule has 3 amide bonds. The summed E-state index contributed by atoms with van der Waals surface area (Å²) in [6.45, 7) is 3.72. The molecule has 2 aromatic rings. The molecule has 0 aromatic heterocycles. The van der Waals surface area contributed by atoms with Gasteiger partial charge in [0.05, 0.1) is 30.6 Å². The van der Waals surface area contributed by atoms with Crippen molar-refractivity contribution in [3.63, 3.8) is 0 Å². The minimum Gasteiger partial charge on any atom is -0.497 e. The third kappa shape index (κ3) is 5.82. The molecule has 3 N–H and O–H groups in total. The molecule has 2 aliphatic rings. The lowest BCUT2D eigenvalue weighted by atomic mass is 9.89. The van der Waals surface area contributed by atoms with Crippen LogP contribution in [-0.4, -0.2) is 53.9 Å². The number of nitrogens with zero attached hydrogens (tertiary/aromatic N) is 1. The first-order chi connectivity index (χ1) is 16.8. The van der Waals surface area contributed by atoms with E-state index in [-0.39, 0.29) is 41.9 Å². The number of amides is 3. The van der Waals surface area contributed by atoms with Crippen LogP contribution in [-0.2, 0) is 20.8 Å². The van der Waals surface area contributed by atoms with Crippen molar-refractivity contribution in [3.05, 3.63) is 54.1 Å². The van der Waals surface area contributed by atoms with Gasteiger partial charge in [-0.1, -0.05) is 30.3 Å². The van der Waals surface area contributed by atoms with Gasteiger partial charge in [-0.3, -0.25) is 19.3 Å². The lowest BCUT2D eigenvalue weighted by molar-refractivity contribution is -0.122. The predicted molar refractivity (Wildman–Crippen MR) is 135 cm³/mol. The van der Waals surface area contributed by atoms with Crippen LogP contribution >= 0.6 is 0 Å². The maximum Gasteiger partial charge on any atom is 0.238 e. The average Bonchev–Trinajstić information content (AvgIpc) is 2.95. The van der Waals surface area contributed by atoms with Crippen molar-refractivity contribution in [2.45, 2.75) is 63.6 Å². The molecule has 0 bridgehead atoms. The second kappa shape index (κ2) is 10.5. The van der Waals surface area contributed by atoms with Gasteiger partial charge >= 0.3 is 0 Å². The lowest BCUT2D eigenvalue weighted by Gasteiger charge is -2.35. The van der Waals surface area contributed by atoms with Crippen LogP contribution in [0.1, 0.15) is 45.1 Å². The summed E-state index contributed by atoms with van der Waals surface area (Å²) >= 11 is 0. The molecular formula is C27H34N4O4. The van der Waals surface area contributed by atoms with E-state index in [0.29, 0.717) is 23.5 Å². The van der Waals surface area contributed by atoms with Gasteiger partial charge in [-0.2, -0.15) is 0 Å². The van der Waals surface area contributed by atoms with Crippen molar-refractivity contribution in [2.24, 2.45) is 0 Å². The van der Waals surface area contributed by atoms with Crippen LogP contribution in [0.25, 0.3) is 0 Å². The Balaban J connectivity index is 1.57. The molecule has 2 heterocycles. The quantitative estimate of drug-likeness (QED) is 0.567. The Kier molecular flexibility index (Phi) is 7.40. The number of likely N-dealkylation sites (tertiary alicyclic amines) is 1. The maximum atomic E-state index is 13.3. The van der Waals surface area contributed by atoms with Crippen LogP contribution in [0.4, 0.5) is 11.4 Å². The van der Waals surface area contributed by atoms with Crippen LogP contribution in [0.3, 0.4) is 0 Å². The van der Waals surface area contributed by atoms with Crippen molar-refractivity contribution in [1.29, 1.82) is 0 Å². The van der Waals surface area contributed by atoms with Gasteiger partial charge < -0.3 is 20.7 Å². The van der Waals surface area contributed by atoms with E-state index in [9.17, 15) is 14.4 Å². The number of carbonyl (C=O) groups is 3. The number of anilines is 2. The third-order valence-corrected chi connectivity index (χ3v) is 7.02. The molecule has 2 aromatic carbocycles. The molecule has 0 radical (unpaired) electrons. The monoisotopic (exact) mass is 478 g/mol. The molecule has 0 unspecified atom stereocenters. The average molecular weight is 479 g/mol. The first kappa shape index (κ1) is 24.7. The Morgan fingerprint density at radius 3 is 2.63 bits per heavy atom. The largest absolute Gasteiger partial charge is 0.497 e. The first-order valence-corrected chi connectivity index (χ1v) is 12.1. The standard InChI is InChI=1S/C27H34N4O4/c1-18(32)28-22-13-12-21(35-3)15-23(22)29-26(34)17-31-20(14-19-8-5-4-6-9-19)16-27(2)24(31)10-7-11-25(33)30-27/h4-6,8-9,12-13,15,20,24H,7,10-11,14,16-17H2,1-3H3,(H,28,32)(H,29,34)(H,30,33)/t20-,24+,27+/m1/s1. The van der Waals surface area contributed by atoms with Crippen molar-refractivity contribution < 1.29 is 19.1 Å². The number of rotatable bonds is 7. The summed E-state index contributed by atoms with van der Waals surface area (Å²) in [5, 5.41) is 8.99. The van der Waals surface area contributed by atoms with E-state index in [0.717, 1.165) is 25.7 Å². The third-order valence-electron chi connectivity index (χ3n) is 7.02. The second-order valence-corrected chi connectivity index (χ2v) is 9.73. The summed E-state index contributed by atoms with van der Waals surface area (Å²) in [4.78, 5) is 39.6. The molecule has 2 aliphatic heterocycles. The van der Waals surface area contributed by atoms with Gasteiger partial charge in [-0.25, -0.2) is 0 Å². The zero-order chi connectivity index (χ0) is 25.0. The molecule has 4 rings (SSSR count). The highest BCUT2D eigenvalue weighted by molar-refractivity contribution is 6.00. The molecule has 2 saturated heterocycles. The summed E-state index contributed by atoms with van der Waals surface area (Å²) in [5.74, 6) is 0.258. The van der Waals surface area contributed by atoms with Gasteiger partial charge in [-0.15, -0.1) is 0 Å². The van der Waals surface area contributed by atoms with Crippen molar-refractivity contribution in [2.75, 3.05) is 24.3 Å². The summed E-state index contributed by atoms with van der Waals surface area (Å²) in [5.41, 5.74) is 1.82. The maximum absolute atomic E-state index is 13.3. The van der Waals surface area contributed by atoms with Crippen LogP contribution in [0.15, 0.2) is 48.5 Å². The van der Waals surface area contributed by atoms with E-state index in [4.69, 9.17) is 4.74 Å². The van der Waals surface area contributed by atoms with Gasteiger partial charge in [0.25, 0.3) is 0 Å². The summed E-state index contributed by atoms with van der Waals surface area (Å²) in [6.07, 6.45) is 3.74. The number of nitrogens with one attached hydrogen (secondary N) is 3. The number of fused-ring (bicyclic) bond motifs is 1. The molecule has 3 atom stereocenters. The topological polar surface area (TPSA) is 99.8 Å². The van der Waals surface area contributed by atoms with Gasteiger partial charge in [0.2, 0.25) is 17.7 Å². The summed E-state index contributed by atoms with van der Waals surface area (Å²) < 4.78 is 5.31. The van der Waals surface area contributed by atoms with Gasteiger partial charge in [0.1, 0.15) is 5.75 Å². The zero-order valence-electron chi connectivity index (χ0n) is 20.6. The van der Waals surface area contributed by atoms with E-state index >= 15 is 0 Å².